The minimum atomic E-state index is -0.997. The molecule has 0 aliphatic carbocycles. The van der Waals surface area contributed by atoms with E-state index in [-0.39, 0.29) is 17.4 Å². The number of hydrogen-bond donors (Lipinski definition) is 1. The molecule has 0 radical (unpaired) electrons. The summed E-state index contributed by atoms with van der Waals surface area (Å²) < 4.78 is 24.2. The van der Waals surface area contributed by atoms with Crippen molar-refractivity contribution in [2.75, 3.05) is 18.6 Å². The van der Waals surface area contributed by atoms with Gasteiger partial charge in [0.25, 0.3) is 5.78 Å². The van der Waals surface area contributed by atoms with E-state index in [1.54, 1.807) is 49.6 Å². The number of rotatable bonds is 9. The van der Waals surface area contributed by atoms with E-state index in [0.717, 1.165) is 21.6 Å². The molecule has 0 unspecified atom stereocenters. The van der Waals surface area contributed by atoms with Crippen molar-refractivity contribution in [3.63, 3.8) is 0 Å². The molecule has 1 saturated heterocycles. The van der Waals surface area contributed by atoms with Gasteiger partial charge in [0.05, 0.1) is 35.5 Å². The Balaban J connectivity index is 1.36. The zero-order valence-electron chi connectivity index (χ0n) is 26.1. The highest BCUT2D eigenvalue weighted by Gasteiger charge is 2.48. The second kappa shape index (κ2) is 12.4. The van der Waals surface area contributed by atoms with Crippen LogP contribution < -0.4 is 23.8 Å². The van der Waals surface area contributed by atoms with E-state index in [1.807, 2.05) is 56.3 Å². The summed E-state index contributed by atoms with van der Waals surface area (Å²) in [6.07, 6.45) is 0.677. The normalized spacial score (nSPS) is 18.3. The minimum Gasteiger partial charge on any atom is -0.507 e. The van der Waals surface area contributed by atoms with Gasteiger partial charge in [-0.1, -0.05) is 47.7 Å². The van der Waals surface area contributed by atoms with Crippen LogP contribution in [0.5, 0.6) is 23.0 Å². The summed E-state index contributed by atoms with van der Waals surface area (Å²) in [4.78, 5) is 33.9. The predicted molar refractivity (Wildman–Crippen MR) is 180 cm³/mol. The first-order chi connectivity index (χ1) is 22.8. The molecular formula is C37H32N2O7S. The van der Waals surface area contributed by atoms with Gasteiger partial charge in [-0.25, -0.2) is 4.98 Å². The zero-order chi connectivity index (χ0) is 32.7. The second-order valence-corrected chi connectivity index (χ2v) is 12.4. The van der Waals surface area contributed by atoms with Gasteiger partial charge in [0.15, 0.2) is 16.6 Å². The standard InChI is InChI=1S/C37H32N2O7S/c1-4-44-30-18-23(10-15-29(30)45-20-22-8-6-5-7-9-22)33-32(34(40)24-11-14-28-25(17-24)16-21(2)46-28)35(41)36(42)39(33)37-38-27-13-12-26(43-3)19-31(27)47-37/h5-15,17-19,21,33,40H,4,16,20H2,1-3H3/t21-,33-/m0/s1. The lowest BCUT2D eigenvalue weighted by atomic mass is 9.94. The van der Waals surface area contributed by atoms with Crippen LogP contribution in [-0.4, -0.2) is 41.6 Å². The number of benzene rings is 4. The highest BCUT2D eigenvalue weighted by atomic mass is 32.1. The van der Waals surface area contributed by atoms with Crippen LogP contribution in [0.1, 0.15) is 42.1 Å². The number of carbonyl (C=O) groups is 2. The Morgan fingerprint density at radius 2 is 1.83 bits per heavy atom. The fraction of sp³-hybridized carbons (Fsp3) is 0.216. The van der Waals surface area contributed by atoms with Crippen LogP contribution in [0.15, 0.2) is 90.5 Å². The highest BCUT2D eigenvalue weighted by molar-refractivity contribution is 7.22. The van der Waals surface area contributed by atoms with Gasteiger partial charge in [0.2, 0.25) is 0 Å². The van der Waals surface area contributed by atoms with Crippen molar-refractivity contribution in [1.29, 1.82) is 0 Å². The molecule has 0 spiro atoms. The number of carbonyl (C=O) groups excluding carboxylic acids is 2. The molecule has 1 amide bonds. The van der Waals surface area contributed by atoms with Crippen molar-refractivity contribution in [2.24, 2.45) is 0 Å². The van der Waals surface area contributed by atoms with E-state index in [1.165, 1.54) is 16.2 Å². The molecule has 1 N–H and O–H groups in total. The number of methoxy groups -OCH3 is 1. The molecule has 2 atom stereocenters. The molecule has 47 heavy (non-hydrogen) atoms. The third-order valence-corrected chi connectivity index (χ3v) is 9.24. The average Bonchev–Trinajstić information content (AvgIpc) is 3.75. The lowest BCUT2D eigenvalue weighted by Crippen LogP contribution is -2.29. The summed E-state index contributed by atoms with van der Waals surface area (Å²) in [7, 11) is 1.58. The Morgan fingerprint density at radius 3 is 2.62 bits per heavy atom. The molecule has 1 aromatic heterocycles. The van der Waals surface area contributed by atoms with Crippen LogP contribution in [0, 0.1) is 0 Å². The van der Waals surface area contributed by atoms with Gasteiger partial charge in [0, 0.05) is 12.0 Å². The Hall–Kier alpha value is -5.35. The number of aliphatic hydroxyl groups excluding tert-OH is 1. The summed E-state index contributed by atoms with van der Waals surface area (Å²) in [6, 6.07) is 24.8. The first-order valence-corrected chi connectivity index (χ1v) is 16.1. The van der Waals surface area contributed by atoms with Crippen molar-refractivity contribution < 1.29 is 33.6 Å². The molecule has 10 heteroatoms. The maximum atomic E-state index is 13.9. The van der Waals surface area contributed by atoms with Crippen LogP contribution in [-0.2, 0) is 22.6 Å². The minimum absolute atomic E-state index is 0.00486. The SMILES string of the molecule is CCOc1cc([C@H]2C(=C(O)c3ccc4c(c3)C[C@H](C)O4)C(=O)C(=O)N2c2nc3ccc(OC)cc3s2)ccc1OCc1ccccc1. The second-order valence-electron chi connectivity index (χ2n) is 11.4. The molecule has 9 nitrogen and oxygen atoms in total. The number of anilines is 1. The third-order valence-electron chi connectivity index (χ3n) is 8.22. The molecule has 1 fully saturated rings. The van der Waals surface area contributed by atoms with Crippen LogP contribution in [0.3, 0.4) is 0 Å². The number of ketones is 1. The van der Waals surface area contributed by atoms with Crippen molar-refractivity contribution in [2.45, 2.75) is 39.0 Å². The van der Waals surface area contributed by atoms with E-state index in [9.17, 15) is 14.7 Å². The summed E-state index contributed by atoms with van der Waals surface area (Å²) in [5.41, 5.74) is 3.50. The Bertz CT molecular complexity index is 2040. The van der Waals surface area contributed by atoms with Crippen LogP contribution in [0.4, 0.5) is 5.13 Å². The maximum absolute atomic E-state index is 13.9. The van der Waals surface area contributed by atoms with Gasteiger partial charge in [-0.15, -0.1) is 0 Å². The van der Waals surface area contributed by atoms with Crippen molar-refractivity contribution in [3.05, 3.63) is 113 Å². The van der Waals surface area contributed by atoms with E-state index in [4.69, 9.17) is 23.9 Å². The third kappa shape index (κ3) is 5.65. The summed E-state index contributed by atoms with van der Waals surface area (Å²) in [5, 5.41) is 12.1. The van der Waals surface area contributed by atoms with Gasteiger partial charge in [-0.2, -0.15) is 0 Å². The number of hydrogen-bond acceptors (Lipinski definition) is 9. The van der Waals surface area contributed by atoms with Crippen molar-refractivity contribution in [3.8, 4) is 23.0 Å². The highest BCUT2D eigenvalue weighted by Crippen LogP contribution is 2.46. The number of nitrogens with zero attached hydrogens (tertiary/aromatic N) is 2. The lowest BCUT2D eigenvalue weighted by Gasteiger charge is -2.24. The smallest absolute Gasteiger partial charge is 0.301 e. The Labute approximate surface area is 275 Å². The summed E-state index contributed by atoms with van der Waals surface area (Å²) in [6.45, 7) is 4.53. The quantitative estimate of drug-likeness (QED) is 0.101. The molecule has 7 rings (SSSR count). The maximum Gasteiger partial charge on any atom is 0.301 e. The van der Waals surface area contributed by atoms with Gasteiger partial charge < -0.3 is 24.1 Å². The van der Waals surface area contributed by atoms with Crippen molar-refractivity contribution >= 4 is 44.1 Å². The average molecular weight is 649 g/mol. The van der Waals surface area contributed by atoms with Crippen LogP contribution in [0.2, 0.25) is 0 Å². The fourth-order valence-corrected chi connectivity index (χ4v) is 7.03. The topological polar surface area (TPSA) is 107 Å². The van der Waals surface area contributed by atoms with E-state index < -0.39 is 17.7 Å². The molecule has 3 heterocycles. The monoisotopic (exact) mass is 648 g/mol. The summed E-state index contributed by atoms with van der Waals surface area (Å²) >= 11 is 1.26. The Kier molecular flexibility index (Phi) is 8.03. The van der Waals surface area contributed by atoms with Crippen LogP contribution in [0.25, 0.3) is 16.0 Å². The lowest BCUT2D eigenvalue weighted by molar-refractivity contribution is -0.132. The number of aliphatic hydroxyl groups is 1. The molecule has 2 aliphatic rings. The molecule has 238 valence electrons. The number of Topliss-reactive ketones (excluding diaryl/α,β-unsaturated/α-hetero) is 1. The number of aromatic nitrogens is 1. The molecule has 2 aliphatic heterocycles. The molecule has 0 saturated carbocycles. The van der Waals surface area contributed by atoms with E-state index >= 15 is 0 Å². The largest absolute Gasteiger partial charge is 0.507 e. The number of ether oxygens (including phenoxy) is 4. The fourth-order valence-electron chi connectivity index (χ4n) is 6.01. The van der Waals surface area contributed by atoms with Gasteiger partial charge in [-0.3, -0.25) is 14.5 Å². The number of thiazole rings is 1. The zero-order valence-corrected chi connectivity index (χ0v) is 26.9. The summed E-state index contributed by atoms with van der Waals surface area (Å²) in [5.74, 6) is 0.473. The van der Waals surface area contributed by atoms with Gasteiger partial charge >= 0.3 is 5.91 Å². The van der Waals surface area contributed by atoms with Crippen molar-refractivity contribution in [1.82, 2.24) is 4.98 Å². The van der Waals surface area contributed by atoms with Gasteiger partial charge in [-0.05, 0) is 79.1 Å². The van der Waals surface area contributed by atoms with E-state index in [0.29, 0.717) is 58.7 Å². The Morgan fingerprint density at radius 1 is 1.00 bits per heavy atom. The predicted octanol–water partition coefficient (Wildman–Crippen LogP) is 7.23. The molecule has 4 aromatic carbocycles. The first-order valence-electron chi connectivity index (χ1n) is 15.3. The molecule has 5 aromatic rings. The van der Waals surface area contributed by atoms with Gasteiger partial charge in [0.1, 0.15) is 30.0 Å². The molecular weight excluding hydrogens is 616 g/mol. The number of fused-ring (bicyclic) bond motifs is 2. The first kappa shape index (κ1) is 30.3. The number of amides is 1. The van der Waals surface area contributed by atoms with E-state index in [2.05, 4.69) is 0 Å². The molecule has 0 bridgehead atoms. The van der Waals surface area contributed by atoms with Crippen LogP contribution >= 0.6 is 11.3 Å².